The Bertz CT molecular complexity index is 660. The summed E-state index contributed by atoms with van der Waals surface area (Å²) < 4.78 is 2.16. The number of para-hydroxylation sites is 1. The lowest BCUT2D eigenvalue weighted by Gasteiger charge is -2.08. The smallest absolute Gasteiger partial charge is 0.0958 e. The third-order valence-electron chi connectivity index (χ3n) is 2.86. The van der Waals surface area contributed by atoms with Crippen molar-refractivity contribution in [2.75, 3.05) is 0 Å². The van der Waals surface area contributed by atoms with Gasteiger partial charge in [-0.15, -0.1) is 11.3 Å². The molecular formula is C14H12BrN3S. The largest absolute Gasteiger partial charge is 0.322 e. The number of hydrogen-bond acceptors (Lipinski definition) is 4. The number of hydrogen-bond donors (Lipinski definition) is 1. The van der Waals surface area contributed by atoms with Crippen molar-refractivity contribution in [3.63, 3.8) is 0 Å². The molecule has 5 heteroatoms. The summed E-state index contributed by atoms with van der Waals surface area (Å²) in [5, 5.41) is 1.05. The number of nitrogens with two attached hydrogens (primary N) is 1. The highest BCUT2D eigenvalue weighted by Crippen LogP contribution is 2.25. The summed E-state index contributed by atoms with van der Waals surface area (Å²) >= 11 is 5.07. The molecule has 1 aromatic carbocycles. The molecule has 0 spiro atoms. The van der Waals surface area contributed by atoms with Crippen LogP contribution >= 0.6 is 27.3 Å². The molecule has 2 aromatic heterocycles. The summed E-state index contributed by atoms with van der Waals surface area (Å²) in [7, 11) is 0. The molecule has 0 amide bonds. The molecular weight excluding hydrogens is 322 g/mol. The van der Waals surface area contributed by atoms with Crippen molar-refractivity contribution < 1.29 is 0 Å². The van der Waals surface area contributed by atoms with Crippen LogP contribution in [0.15, 0.2) is 47.1 Å². The SMILES string of the molecule is NC(Cc1nc2ccccc2s1)c1ccc(Br)cn1. The van der Waals surface area contributed by atoms with Gasteiger partial charge >= 0.3 is 0 Å². The Balaban J connectivity index is 1.82. The second kappa shape index (κ2) is 5.36. The number of fused-ring (bicyclic) bond motifs is 1. The van der Waals surface area contributed by atoms with Gasteiger partial charge in [0.15, 0.2) is 0 Å². The summed E-state index contributed by atoms with van der Waals surface area (Å²) in [6, 6.07) is 11.9. The lowest BCUT2D eigenvalue weighted by atomic mass is 10.1. The maximum absolute atomic E-state index is 6.19. The van der Waals surface area contributed by atoms with Gasteiger partial charge in [0.25, 0.3) is 0 Å². The summed E-state index contributed by atoms with van der Waals surface area (Å²) in [4.78, 5) is 8.93. The van der Waals surface area contributed by atoms with E-state index in [2.05, 4.69) is 32.0 Å². The average Bonchev–Trinajstić information content (AvgIpc) is 2.81. The molecule has 1 atom stereocenters. The Labute approximate surface area is 123 Å². The molecule has 0 aliphatic heterocycles. The van der Waals surface area contributed by atoms with Gasteiger partial charge < -0.3 is 5.73 Å². The van der Waals surface area contributed by atoms with E-state index in [9.17, 15) is 0 Å². The first-order chi connectivity index (χ1) is 9.22. The molecule has 0 fully saturated rings. The zero-order valence-electron chi connectivity index (χ0n) is 10.1. The quantitative estimate of drug-likeness (QED) is 0.795. The van der Waals surface area contributed by atoms with Gasteiger partial charge in [0.05, 0.1) is 27.0 Å². The van der Waals surface area contributed by atoms with E-state index in [4.69, 9.17) is 5.73 Å². The summed E-state index contributed by atoms with van der Waals surface area (Å²) in [5.41, 5.74) is 8.12. The fourth-order valence-corrected chi connectivity index (χ4v) is 3.17. The van der Waals surface area contributed by atoms with Crippen LogP contribution in [0.25, 0.3) is 10.2 Å². The van der Waals surface area contributed by atoms with Crippen LogP contribution in [0.1, 0.15) is 16.7 Å². The van der Waals surface area contributed by atoms with Gasteiger partial charge in [-0.1, -0.05) is 12.1 Å². The highest BCUT2D eigenvalue weighted by Gasteiger charge is 2.11. The Morgan fingerprint density at radius 1 is 1.21 bits per heavy atom. The van der Waals surface area contributed by atoms with E-state index in [-0.39, 0.29) is 6.04 Å². The highest BCUT2D eigenvalue weighted by atomic mass is 79.9. The van der Waals surface area contributed by atoms with Crippen molar-refractivity contribution in [3.8, 4) is 0 Å². The van der Waals surface area contributed by atoms with Crippen LogP contribution in [0.4, 0.5) is 0 Å². The lowest BCUT2D eigenvalue weighted by Crippen LogP contribution is -2.14. The minimum Gasteiger partial charge on any atom is -0.322 e. The number of pyridine rings is 1. The van der Waals surface area contributed by atoms with E-state index < -0.39 is 0 Å². The molecule has 0 radical (unpaired) electrons. The Morgan fingerprint density at radius 3 is 2.79 bits per heavy atom. The molecule has 0 saturated carbocycles. The molecule has 0 saturated heterocycles. The van der Waals surface area contributed by atoms with Crippen molar-refractivity contribution in [3.05, 3.63) is 57.8 Å². The molecule has 3 nitrogen and oxygen atoms in total. The number of aromatic nitrogens is 2. The van der Waals surface area contributed by atoms with Crippen LogP contribution in [0.3, 0.4) is 0 Å². The predicted molar refractivity (Wildman–Crippen MR) is 82.2 cm³/mol. The first-order valence-corrected chi connectivity index (χ1v) is 7.55. The van der Waals surface area contributed by atoms with Gasteiger partial charge in [-0.25, -0.2) is 4.98 Å². The van der Waals surface area contributed by atoms with Gasteiger partial charge in [0.2, 0.25) is 0 Å². The lowest BCUT2D eigenvalue weighted by molar-refractivity contribution is 0.694. The normalized spacial score (nSPS) is 12.7. The third kappa shape index (κ3) is 2.83. The average molecular weight is 334 g/mol. The van der Waals surface area contributed by atoms with Crippen molar-refractivity contribution in [2.24, 2.45) is 5.73 Å². The molecule has 3 rings (SSSR count). The zero-order chi connectivity index (χ0) is 13.2. The molecule has 1 unspecified atom stereocenters. The number of benzene rings is 1. The minimum absolute atomic E-state index is 0.117. The van der Waals surface area contributed by atoms with Gasteiger partial charge in [-0.3, -0.25) is 4.98 Å². The molecule has 3 aromatic rings. The second-order valence-electron chi connectivity index (χ2n) is 4.29. The molecule has 0 bridgehead atoms. The Hall–Kier alpha value is -1.30. The highest BCUT2D eigenvalue weighted by molar-refractivity contribution is 9.10. The van der Waals surface area contributed by atoms with Crippen molar-refractivity contribution >= 4 is 37.5 Å². The van der Waals surface area contributed by atoms with E-state index >= 15 is 0 Å². The molecule has 2 N–H and O–H groups in total. The maximum Gasteiger partial charge on any atom is 0.0958 e. The van der Waals surface area contributed by atoms with E-state index in [1.807, 2.05) is 30.3 Å². The van der Waals surface area contributed by atoms with Gasteiger partial charge in [-0.2, -0.15) is 0 Å². The second-order valence-corrected chi connectivity index (χ2v) is 6.32. The third-order valence-corrected chi connectivity index (χ3v) is 4.39. The molecule has 19 heavy (non-hydrogen) atoms. The maximum atomic E-state index is 6.19. The van der Waals surface area contributed by atoms with Crippen LogP contribution in [-0.4, -0.2) is 9.97 Å². The number of rotatable bonds is 3. The number of halogens is 1. The van der Waals surface area contributed by atoms with Crippen LogP contribution in [0.2, 0.25) is 0 Å². The first kappa shape index (κ1) is 12.7. The summed E-state index contributed by atoms with van der Waals surface area (Å²) in [6.45, 7) is 0. The van der Waals surface area contributed by atoms with Crippen molar-refractivity contribution in [2.45, 2.75) is 12.5 Å². The molecule has 96 valence electrons. The summed E-state index contributed by atoms with van der Waals surface area (Å²) in [5.74, 6) is 0. The molecule has 0 aliphatic rings. The van der Waals surface area contributed by atoms with Gasteiger partial charge in [0.1, 0.15) is 0 Å². The Morgan fingerprint density at radius 2 is 2.05 bits per heavy atom. The van der Waals surface area contributed by atoms with Crippen LogP contribution in [0, 0.1) is 0 Å². The number of nitrogens with zero attached hydrogens (tertiary/aromatic N) is 2. The van der Waals surface area contributed by atoms with Gasteiger partial charge in [-0.05, 0) is 40.2 Å². The van der Waals surface area contributed by atoms with E-state index in [0.29, 0.717) is 6.42 Å². The Kier molecular flexibility index (Phi) is 3.59. The predicted octanol–water partition coefficient (Wildman–Crippen LogP) is 3.70. The standard InChI is InChI=1S/C14H12BrN3S/c15-9-5-6-11(17-8-9)10(16)7-14-18-12-3-1-2-4-13(12)19-14/h1-6,8,10H,7,16H2. The summed E-state index contributed by atoms with van der Waals surface area (Å²) in [6.07, 6.45) is 2.49. The fourth-order valence-electron chi connectivity index (χ4n) is 1.91. The monoisotopic (exact) mass is 333 g/mol. The molecule has 2 heterocycles. The zero-order valence-corrected chi connectivity index (χ0v) is 12.5. The van der Waals surface area contributed by atoms with E-state index in [0.717, 1.165) is 20.7 Å². The van der Waals surface area contributed by atoms with Crippen molar-refractivity contribution in [1.82, 2.24) is 9.97 Å². The van der Waals surface area contributed by atoms with E-state index in [1.165, 1.54) is 4.70 Å². The fraction of sp³-hybridized carbons (Fsp3) is 0.143. The van der Waals surface area contributed by atoms with E-state index in [1.54, 1.807) is 17.5 Å². The van der Waals surface area contributed by atoms with Crippen LogP contribution in [0.5, 0.6) is 0 Å². The first-order valence-electron chi connectivity index (χ1n) is 5.94. The molecule has 0 aliphatic carbocycles. The topological polar surface area (TPSA) is 51.8 Å². The number of thiazole rings is 1. The van der Waals surface area contributed by atoms with Gasteiger partial charge in [0, 0.05) is 17.1 Å². The van der Waals surface area contributed by atoms with Crippen molar-refractivity contribution in [1.29, 1.82) is 0 Å². The van der Waals surface area contributed by atoms with Crippen LogP contribution in [-0.2, 0) is 6.42 Å². The minimum atomic E-state index is -0.117. The van der Waals surface area contributed by atoms with Crippen LogP contribution < -0.4 is 5.73 Å².